The molecule has 0 amide bonds. The maximum atomic E-state index is 5.13. The fourth-order valence-corrected chi connectivity index (χ4v) is 1.90. The van der Waals surface area contributed by atoms with Gasteiger partial charge in [-0.25, -0.2) is 0 Å². The summed E-state index contributed by atoms with van der Waals surface area (Å²) in [5.74, 6) is 1.21. The van der Waals surface area contributed by atoms with E-state index in [0.717, 1.165) is 10.2 Å². The van der Waals surface area contributed by atoms with Gasteiger partial charge in [-0.3, -0.25) is 0 Å². The summed E-state index contributed by atoms with van der Waals surface area (Å²) in [4.78, 5) is 5.27. The molecule has 2 rings (SSSR count). The van der Waals surface area contributed by atoms with Crippen LogP contribution in [-0.2, 0) is 0 Å². The van der Waals surface area contributed by atoms with Crippen LogP contribution < -0.4 is 9.47 Å². The van der Waals surface area contributed by atoms with Crippen molar-refractivity contribution in [1.29, 1.82) is 0 Å². The molecular weight excluding hydrogens is 186 g/mol. The van der Waals surface area contributed by atoms with Crippen LogP contribution in [0.15, 0.2) is 17.5 Å². The summed E-state index contributed by atoms with van der Waals surface area (Å²) in [6.45, 7) is 0. The molecule has 0 aromatic carbocycles. The lowest BCUT2D eigenvalue weighted by Crippen LogP contribution is -1.92. The van der Waals surface area contributed by atoms with Crippen molar-refractivity contribution in [2.24, 2.45) is 0 Å². The van der Waals surface area contributed by atoms with Crippen LogP contribution in [0.1, 0.15) is 0 Å². The Hall–Kier alpha value is -1.29. The molecular formula is C9H9NO2S. The van der Waals surface area contributed by atoms with Crippen LogP contribution in [-0.4, -0.2) is 19.2 Å². The normalized spacial score (nSPS) is 10.3. The Morgan fingerprint density at radius 2 is 2.15 bits per heavy atom. The third kappa shape index (κ3) is 1.33. The Bertz CT molecular complexity index is 386. The molecule has 4 heteroatoms. The van der Waals surface area contributed by atoms with E-state index in [1.165, 1.54) is 0 Å². The van der Waals surface area contributed by atoms with E-state index >= 15 is 0 Å². The lowest BCUT2D eigenvalue weighted by Gasteiger charge is -2.05. The van der Waals surface area contributed by atoms with Crippen LogP contribution in [0.3, 0.4) is 0 Å². The maximum absolute atomic E-state index is 5.13. The molecule has 68 valence electrons. The number of nitrogens with zero attached hydrogens (tertiary/aromatic N) is 1. The average Bonchev–Trinajstić information content (AvgIpc) is 2.62. The first kappa shape index (κ1) is 8.31. The van der Waals surface area contributed by atoms with E-state index in [1.807, 2.05) is 17.5 Å². The van der Waals surface area contributed by atoms with Crippen LogP contribution in [0.2, 0.25) is 0 Å². The number of hydrogen-bond acceptors (Lipinski definition) is 4. The zero-order valence-corrected chi connectivity index (χ0v) is 8.22. The largest absolute Gasteiger partial charge is 0.491 e. The average molecular weight is 195 g/mol. The first-order chi connectivity index (χ1) is 6.35. The van der Waals surface area contributed by atoms with E-state index in [4.69, 9.17) is 9.47 Å². The van der Waals surface area contributed by atoms with Crippen LogP contribution in [0.4, 0.5) is 0 Å². The van der Waals surface area contributed by atoms with E-state index in [9.17, 15) is 0 Å². The van der Waals surface area contributed by atoms with E-state index < -0.39 is 0 Å². The number of ether oxygens (including phenoxy) is 2. The minimum atomic E-state index is 0.539. The summed E-state index contributed by atoms with van der Waals surface area (Å²) in [5, 5.41) is 3.08. The van der Waals surface area contributed by atoms with Crippen molar-refractivity contribution in [2.75, 3.05) is 14.2 Å². The van der Waals surface area contributed by atoms with Crippen molar-refractivity contribution in [2.45, 2.75) is 0 Å². The van der Waals surface area contributed by atoms with Gasteiger partial charge in [0.15, 0.2) is 5.75 Å². The molecule has 0 aliphatic carbocycles. The molecule has 13 heavy (non-hydrogen) atoms. The molecule has 0 fully saturated rings. The molecule has 0 bridgehead atoms. The lowest BCUT2D eigenvalue weighted by molar-refractivity contribution is 0.345. The smallest absolute Gasteiger partial charge is 0.258 e. The minimum absolute atomic E-state index is 0.539. The SMILES string of the molecule is COc1cc2ccsc2nc1OC. The fraction of sp³-hybridized carbons (Fsp3) is 0.222. The van der Waals surface area contributed by atoms with Gasteiger partial charge in [0.1, 0.15) is 4.83 Å². The van der Waals surface area contributed by atoms with Crippen molar-refractivity contribution in [3.05, 3.63) is 17.5 Å². The number of rotatable bonds is 2. The topological polar surface area (TPSA) is 31.4 Å². The van der Waals surface area contributed by atoms with Crippen LogP contribution >= 0.6 is 11.3 Å². The van der Waals surface area contributed by atoms with Gasteiger partial charge >= 0.3 is 0 Å². The summed E-state index contributed by atoms with van der Waals surface area (Å²) in [5.41, 5.74) is 0. The molecule has 2 aromatic heterocycles. The van der Waals surface area contributed by atoms with Crippen LogP contribution in [0, 0.1) is 0 Å². The van der Waals surface area contributed by atoms with E-state index in [0.29, 0.717) is 11.6 Å². The van der Waals surface area contributed by atoms with Crippen LogP contribution in [0.25, 0.3) is 10.2 Å². The molecule has 0 N–H and O–H groups in total. The minimum Gasteiger partial charge on any atom is -0.491 e. The molecule has 0 atom stereocenters. The quantitative estimate of drug-likeness (QED) is 0.736. The van der Waals surface area contributed by atoms with Gasteiger partial charge in [0, 0.05) is 5.39 Å². The van der Waals surface area contributed by atoms with Crippen molar-refractivity contribution < 1.29 is 9.47 Å². The highest BCUT2D eigenvalue weighted by Gasteiger charge is 2.07. The molecule has 0 saturated carbocycles. The van der Waals surface area contributed by atoms with E-state index in [-0.39, 0.29) is 0 Å². The predicted molar refractivity (Wildman–Crippen MR) is 52.7 cm³/mol. The second kappa shape index (κ2) is 3.22. The Morgan fingerprint density at radius 1 is 1.31 bits per heavy atom. The molecule has 0 unspecified atom stereocenters. The molecule has 0 aliphatic rings. The highest BCUT2D eigenvalue weighted by molar-refractivity contribution is 7.16. The standard InChI is InChI=1S/C9H9NO2S/c1-11-7-5-6-3-4-13-9(6)10-8(7)12-2/h3-5H,1-2H3. The number of methoxy groups -OCH3 is 2. The highest BCUT2D eigenvalue weighted by atomic mass is 32.1. The fourth-order valence-electron chi connectivity index (χ4n) is 1.15. The zero-order valence-electron chi connectivity index (χ0n) is 7.40. The van der Waals surface area contributed by atoms with Crippen LogP contribution in [0.5, 0.6) is 11.6 Å². The predicted octanol–water partition coefficient (Wildman–Crippen LogP) is 2.31. The van der Waals surface area contributed by atoms with Crippen molar-refractivity contribution in [3.63, 3.8) is 0 Å². The number of thiophene rings is 1. The summed E-state index contributed by atoms with van der Waals surface area (Å²) >= 11 is 1.59. The second-order valence-electron chi connectivity index (χ2n) is 2.51. The monoisotopic (exact) mass is 195 g/mol. The highest BCUT2D eigenvalue weighted by Crippen LogP contribution is 2.30. The Morgan fingerprint density at radius 3 is 2.85 bits per heavy atom. The van der Waals surface area contributed by atoms with Gasteiger partial charge in [0.05, 0.1) is 14.2 Å². The second-order valence-corrected chi connectivity index (χ2v) is 3.41. The summed E-state index contributed by atoms with van der Waals surface area (Å²) < 4.78 is 10.2. The number of hydrogen-bond donors (Lipinski definition) is 0. The summed E-state index contributed by atoms with van der Waals surface area (Å²) in [7, 11) is 3.20. The number of fused-ring (bicyclic) bond motifs is 1. The van der Waals surface area contributed by atoms with Crippen molar-refractivity contribution in [1.82, 2.24) is 4.98 Å². The third-order valence-corrected chi connectivity index (χ3v) is 2.61. The summed E-state index contributed by atoms with van der Waals surface area (Å²) in [6.07, 6.45) is 0. The number of aromatic nitrogens is 1. The molecule has 2 heterocycles. The van der Waals surface area contributed by atoms with Gasteiger partial charge < -0.3 is 9.47 Å². The zero-order chi connectivity index (χ0) is 9.26. The molecule has 3 nitrogen and oxygen atoms in total. The van der Waals surface area contributed by atoms with E-state index in [2.05, 4.69) is 4.98 Å². The Balaban J connectivity index is 2.67. The Kier molecular flexibility index (Phi) is 2.06. The van der Waals surface area contributed by atoms with Gasteiger partial charge in [0.25, 0.3) is 5.88 Å². The first-order valence-electron chi connectivity index (χ1n) is 3.81. The molecule has 0 saturated heterocycles. The number of pyridine rings is 1. The molecule has 2 aromatic rings. The lowest BCUT2D eigenvalue weighted by atomic mass is 10.3. The van der Waals surface area contributed by atoms with Gasteiger partial charge in [-0.05, 0) is 17.5 Å². The third-order valence-electron chi connectivity index (χ3n) is 1.79. The van der Waals surface area contributed by atoms with Gasteiger partial charge in [-0.2, -0.15) is 4.98 Å². The van der Waals surface area contributed by atoms with Gasteiger partial charge in [-0.1, -0.05) is 0 Å². The van der Waals surface area contributed by atoms with E-state index in [1.54, 1.807) is 25.6 Å². The maximum Gasteiger partial charge on any atom is 0.258 e. The van der Waals surface area contributed by atoms with Gasteiger partial charge in [0.2, 0.25) is 0 Å². The first-order valence-corrected chi connectivity index (χ1v) is 4.69. The molecule has 0 spiro atoms. The van der Waals surface area contributed by atoms with Crippen molar-refractivity contribution >= 4 is 21.6 Å². The van der Waals surface area contributed by atoms with Gasteiger partial charge in [-0.15, -0.1) is 11.3 Å². The Labute approximate surface area is 79.9 Å². The molecule has 0 radical (unpaired) electrons. The molecule has 0 aliphatic heterocycles. The van der Waals surface area contributed by atoms with Crippen molar-refractivity contribution in [3.8, 4) is 11.6 Å². The summed E-state index contributed by atoms with van der Waals surface area (Å²) in [6, 6.07) is 3.94.